The van der Waals surface area contributed by atoms with Crippen molar-refractivity contribution in [1.29, 1.82) is 5.26 Å². The number of unbranched alkanes of at least 4 members (excludes halogenated alkanes) is 12. The van der Waals surface area contributed by atoms with Gasteiger partial charge in [0.15, 0.2) is 0 Å². The fraction of sp³-hybridized carbons (Fsp3) is 0.833. The maximum absolute atomic E-state index is 8.38. The van der Waals surface area contributed by atoms with Crippen molar-refractivity contribution in [3.63, 3.8) is 0 Å². The zero-order chi connectivity index (χ0) is 14.0. The van der Waals surface area contributed by atoms with Crippen molar-refractivity contribution in [2.75, 3.05) is 0 Å². The quantitative estimate of drug-likeness (QED) is 0.312. The van der Waals surface area contributed by atoms with Crippen molar-refractivity contribution in [3.05, 3.63) is 0 Å². The molecule has 0 N–H and O–H groups in total. The molecule has 0 fully saturated rings. The Kier molecular flexibility index (Phi) is 16.2. The van der Waals surface area contributed by atoms with Crippen molar-refractivity contribution < 1.29 is 0 Å². The molecule has 0 saturated carbocycles. The van der Waals surface area contributed by atoms with Crippen LogP contribution in [-0.2, 0) is 0 Å². The van der Waals surface area contributed by atoms with E-state index in [9.17, 15) is 0 Å². The minimum absolute atomic E-state index is 0.680. The predicted octanol–water partition coefficient (Wildman–Crippen LogP) is 5.99. The summed E-state index contributed by atoms with van der Waals surface area (Å²) < 4.78 is 0. The highest BCUT2D eigenvalue weighted by molar-refractivity contribution is 4.98. The van der Waals surface area contributed by atoms with Crippen LogP contribution in [0.25, 0.3) is 0 Å². The molecule has 0 rings (SSSR count). The summed E-state index contributed by atoms with van der Waals surface area (Å²) in [4.78, 5) is 0. The Balaban J connectivity index is 3.06. The molecule has 0 aromatic heterocycles. The highest BCUT2D eigenvalue weighted by Gasteiger charge is 1.91. The van der Waals surface area contributed by atoms with E-state index in [1.165, 1.54) is 57.8 Å². The second-order valence-electron chi connectivity index (χ2n) is 5.30. The van der Waals surface area contributed by atoms with E-state index in [2.05, 4.69) is 24.8 Å². The first kappa shape index (κ1) is 18.0. The second kappa shape index (κ2) is 17.1. The third kappa shape index (κ3) is 17.1. The Morgan fingerprint density at radius 2 is 1.00 bits per heavy atom. The summed E-state index contributed by atoms with van der Waals surface area (Å²) in [6.07, 6.45) is 17.2. The van der Waals surface area contributed by atoms with E-state index in [1.807, 2.05) is 0 Å². The van der Waals surface area contributed by atoms with Gasteiger partial charge in [-0.1, -0.05) is 58.3 Å². The lowest BCUT2D eigenvalue weighted by Crippen LogP contribution is -1.81. The van der Waals surface area contributed by atoms with E-state index >= 15 is 0 Å². The van der Waals surface area contributed by atoms with Crippen molar-refractivity contribution in [2.45, 2.75) is 96.8 Å². The largest absolute Gasteiger partial charge is 0.198 e. The SMILES string of the molecule is CCCCCCCCCCCC#CCCCCC#N. The Bertz CT molecular complexity index is 264. The van der Waals surface area contributed by atoms with Gasteiger partial charge in [-0.3, -0.25) is 0 Å². The maximum Gasteiger partial charge on any atom is 0.0621 e. The molecule has 0 aromatic rings. The molecule has 0 unspecified atom stereocenters. The van der Waals surface area contributed by atoms with Crippen LogP contribution in [0.15, 0.2) is 0 Å². The maximum atomic E-state index is 8.38. The molecule has 19 heavy (non-hydrogen) atoms. The Morgan fingerprint density at radius 1 is 0.579 bits per heavy atom. The Labute approximate surface area is 120 Å². The van der Waals surface area contributed by atoms with Crippen molar-refractivity contribution >= 4 is 0 Å². The molecule has 0 bridgehead atoms. The lowest BCUT2D eigenvalue weighted by atomic mass is 10.1. The average Bonchev–Trinajstić information content (AvgIpc) is 2.43. The normalized spacial score (nSPS) is 9.68. The number of rotatable bonds is 12. The molecule has 0 heterocycles. The average molecular weight is 261 g/mol. The summed E-state index contributed by atoms with van der Waals surface area (Å²) >= 11 is 0. The molecule has 0 aliphatic heterocycles. The van der Waals surface area contributed by atoms with Gasteiger partial charge >= 0.3 is 0 Å². The first-order valence-corrected chi connectivity index (χ1v) is 8.24. The minimum atomic E-state index is 0.680. The van der Waals surface area contributed by atoms with E-state index in [0.717, 1.165) is 25.7 Å². The molecular formula is C18H31N. The van der Waals surface area contributed by atoms with Crippen LogP contribution in [0, 0.1) is 23.2 Å². The monoisotopic (exact) mass is 261 g/mol. The van der Waals surface area contributed by atoms with Crippen LogP contribution in [-0.4, -0.2) is 0 Å². The van der Waals surface area contributed by atoms with Gasteiger partial charge in [-0.15, -0.1) is 11.8 Å². The summed E-state index contributed by atoms with van der Waals surface area (Å²) in [5.74, 6) is 6.46. The second-order valence-corrected chi connectivity index (χ2v) is 5.30. The van der Waals surface area contributed by atoms with Crippen LogP contribution < -0.4 is 0 Å². The van der Waals surface area contributed by atoms with Gasteiger partial charge in [-0.05, 0) is 19.3 Å². The molecule has 0 aliphatic carbocycles. The Morgan fingerprint density at radius 3 is 1.53 bits per heavy atom. The summed E-state index contributed by atoms with van der Waals surface area (Å²) in [5, 5.41) is 8.38. The topological polar surface area (TPSA) is 23.8 Å². The lowest BCUT2D eigenvalue weighted by Gasteiger charge is -2.00. The molecule has 0 radical (unpaired) electrons. The standard InChI is InChI=1S/C18H31N/c1-2-3-4-5-6-7-8-9-10-11-12-13-14-15-16-17-18-19/h2-11,14-17H2,1H3. The van der Waals surface area contributed by atoms with Crippen molar-refractivity contribution in [2.24, 2.45) is 0 Å². The molecule has 1 heteroatoms. The number of nitriles is 1. The highest BCUT2D eigenvalue weighted by Crippen LogP contribution is 2.10. The van der Waals surface area contributed by atoms with Crippen LogP contribution in [0.2, 0.25) is 0 Å². The summed E-state index contributed by atoms with van der Waals surface area (Å²) in [5.41, 5.74) is 0. The summed E-state index contributed by atoms with van der Waals surface area (Å²) in [6.45, 7) is 2.27. The third-order valence-corrected chi connectivity index (χ3v) is 3.37. The molecular weight excluding hydrogens is 230 g/mol. The predicted molar refractivity (Wildman–Crippen MR) is 83.7 cm³/mol. The molecule has 0 saturated heterocycles. The van der Waals surface area contributed by atoms with Crippen LogP contribution in [0.4, 0.5) is 0 Å². The number of hydrogen-bond acceptors (Lipinski definition) is 1. The molecule has 0 aromatic carbocycles. The molecule has 0 spiro atoms. The number of nitrogens with zero attached hydrogens (tertiary/aromatic N) is 1. The van der Waals surface area contributed by atoms with Crippen LogP contribution >= 0.6 is 0 Å². The number of hydrogen-bond donors (Lipinski definition) is 0. The first-order valence-electron chi connectivity index (χ1n) is 8.24. The Hall–Kier alpha value is -0.950. The molecule has 0 atom stereocenters. The van der Waals surface area contributed by atoms with Gasteiger partial charge in [-0.2, -0.15) is 5.26 Å². The van der Waals surface area contributed by atoms with Gasteiger partial charge in [0.1, 0.15) is 0 Å². The molecule has 0 amide bonds. The fourth-order valence-electron chi connectivity index (χ4n) is 2.12. The van der Waals surface area contributed by atoms with E-state index in [1.54, 1.807) is 0 Å². The fourth-order valence-corrected chi connectivity index (χ4v) is 2.12. The van der Waals surface area contributed by atoms with Crippen molar-refractivity contribution in [3.8, 4) is 17.9 Å². The van der Waals surface area contributed by atoms with Crippen molar-refractivity contribution in [1.82, 2.24) is 0 Å². The van der Waals surface area contributed by atoms with Gasteiger partial charge in [0.2, 0.25) is 0 Å². The van der Waals surface area contributed by atoms with Gasteiger partial charge in [0.05, 0.1) is 6.07 Å². The molecule has 108 valence electrons. The summed E-state index contributed by atoms with van der Waals surface area (Å²) in [7, 11) is 0. The van der Waals surface area contributed by atoms with E-state index in [0.29, 0.717) is 6.42 Å². The zero-order valence-corrected chi connectivity index (χ0v) is 12.8. The summed E-state index contributed by atoms with van der Waals surface area (Å²) in [6, 6.07) is 2.17. The van der Waals surface area contributed by atoms with Crippen LogP contribution in [0.5, 0.6) is 0 Å². The highest BCUT2D eigenvalue weighted by atomic mass is 14.2. The lowest BCUT2D eigenvalue weighted by molar-refractivity contribution is 0.567. The smallest absolute Gasteiger partial charge is 0.0621 e. The van der Waals surface area contributed by atoms with E-state index < -0.39 is 0 Å². The zero-order valence-electron chi connectivity index (χ0n) is 12.8. The third-order valence-electron chi connectivity index (χ3n) is 3.37. The first-order chi connectivity index (χ1) is 9.41. The van der Waals surface area contributed by atoms with E-state index in [-0.39, 0.29) is 0 Å². The van der Waals surface area contributed by atoms with Crippen LogP contribution in [0.3, 0.4) is 0 Å². The van der Waals surface area contributed by atoms with Gasteiger partial charge in [-0.25, -0.2) is 0 Å². The van der Waals surface area contributed by atoms with Gasteiger partial charge in [0.25, 0.3) is 0 Å². The van der Waals surface area contributed by atoms with Crippen LogP contribution in [0.1, 0.15) is 96.8 Å². The molecule has 0 aliphatic rings. The van der Waals surface area contributed by atoms with Gasteiger partial charge < -0.3 is 0 Å². The van der Waals surface area contributed by atoms with Gasteiger partial charge in [0, 0.05) is 19.3 Å². The van der Waals surface area contributed by atoms with E-state index in [4.69, 9.17) is 5.26 Å². The minimum Gasteiger partial charge on any atom is -0.198 e. The molecule has 1 nitrogen and oxygen atoms in total.